The molecule has 0 radical (unpaired) electrons. The van der Waals surface area contributed by atoms with Crippen LogP contribution in [0.3, 0.4) is 0 Å². The Morgan fingerprint density at radius 3 is 2.81 bits per heavy atom. The smallest absolute Gasteiger partial charge is 0.304 e. The molecule has 0 saturated heterocycles. The third-order valence-electron chi connectivity index (χ3n) is 2.62. The predicted octanol–water partition coefficient (Wildman–Crippen LogP) is 0.560. The van der Waals surface area contributed by atoms with Crippen LogP contribution in [0.5, 0.6) is 0 Å². The van der Waals surface area contributed by atoms with Crippen LogP contribution in [0.2, 0.25) is 0 Å². The minimum absolute atomic E-state index is 0.0385. The fourth-order valence-corrected chi connectivity index (χ4v) is 2.21. The number of hydrogen-bond donors (Lipinski definition) is 4. The number of rotatable bonds is 5. The van der Waals surface area contributed by atoms with Crippen molar-refractivity contribution in [1.29, 1.82) is 0 Å². The number of nitrogens with zero attached hydrogens (tertiary/aromatic N) is 1. The Bertz CT molecular complexity index is 738. The number of carbonyl (C=O) groups excluding carboxylic acids is 1. The number of hydrogen-bond acceptors (Lipinski definition) is 7. The van der Waals surface area contributed by atoms with Gasteiger partial charge in [-0.3, -0.25) is 25.5 Å². The number of nitrogen functional groups attached to an aromatic ring is 1. The van der Waals surface area contributed by atoms with Crippen molar-refractivity contribution < 1.29 is 9.72 Å². The molecular formula is C11H11N5O4S. The van der Waals surface area contributed by atoms with Gasteiger partial charge in [-0.1, -0.05) is 11.3 Å². The van der Waals surface area contributed by atoms with E-state index < -0.39 is 10.8 Å². The van der Waals surface area contributed by atoms with Gasteiger partial charge in [0.1, 0.15) is 5.69 Å². The van der Waals surface area contributed by atoms with E-state index in [0.29, 0.717) is 5.69 Å². The second-order valence-electron chi connectivity index (χ2n) is 3.99. The maximum Gasteiger partial charge on any atom is 0.304 e. The van der Waals surface area contributed by atoms with E-state index in [9.17, 15) is 19.7 Å². The molecule has 0 saturated carbocycles. The van der Waals surface area contributed by atoms with Crippen LogP contribution in [-0.4, -0.2) is 15.8 Å². The zero-order chi connectivity index (χ0) is 15.4. The summed E-state index contributed by atoms with van der Waals surface area (Å²) in [6.45, 7) is 0.153. The fourth-order valence-electron chi connectivity index (χ4n) is 1.63. The lowest BCUT2D eigenvalue weighted by Gasteiger charge is -2.06. The van der Waals surface area contributed by atoms with Crippen LogP contribution in [0.4, 0.5) is 11.4 Å². The molecule has 1 aromatic carbocycles. The normalized spacial score (nSPS) is 10.1. The van der Waals surface area contributed by atoms with Crippen LogP contribution in [0.1, 0.15) is 16.1 Å². The number of amides is 1. The van der Waals surface area contributed by atoms with Gasteiger partial charge in [-0.15, -0.1) is 0 Å². The summed E-state index contributed by atoms with van der Waals surface area (Å²) >= 11 is 0.999. The summed E-state index contributed by atoms with van der Waals surface area (Å²) in [5.41, 5.74) is 2.79. The molecule has 0 fully saturated rings. The third kappa shape index (κ3) is 3.43. The number of nitro groups is 1. The molecule has 1 amide bonds. The molecule has 2 aromatic rings. The fraction of sp³-hybridized carbons (Fsp3) is 0.0909. The molecule has 110 valence electrons. The van der Waals surface area contributed by atoms with Gasteiger partial charge in [0, 0.05) is 22.7 Å². The molecule has 0 spiro atoms. The van der Waals surface area contributed by atoms with Gasteiger partial charge in [0.15, 0.2) is 0 Å². The van der Waals surface area contributed by atoms with Crippen molar-refractivity contribution >= 4 is 28.6 Å². The van der Waals surface area contributed by atoms with E-state index in [1.807, 2.05) is 0 Å². The Labute approximate surface area is 121 Å². The summed E-state index contributed by atoms with van der Waals surface area (Å²) in [5.74, 6) is 4.76. The van der Waals surface area contributed by atoms with E-state index >= 15 is 0 Å². The maximum atomic E-state index is 11.9. The summed E-state index contributed by atoms with van der Waals surface area (Å²) in [6, 6.07) is 3.80. The van der Waals surface area contributed by atoms with Crippen molar-refractivity contribution in [2.24, 2.45) is 5.84 Å². The molecule has 10 heteroatoms. The van der Waals surface area contributed by atoms with Gasteiger partial charge in [0.25, 0.3) is 11.6 Å². The van der Waals surface area contributed by atoms with E-state index in [1.165, 1.54) is 18.2 Å². The standard InChI is InChI=1S/C11H11N5O4S/c12-15-8-3-6(1-2-9(8)16(19)20)10(17)13-4-7-5-21-11(18)14-7/h1-3,5,15H,4,12H2,(H,13,17)(H,14,18). The van der Waals surface area contributed by atoms with Crippen molar-refractivity contribution in [2.75, 3.05) is 5.43 Å². The van der Waals surface area contributed by atoms with E-state index in [0.717, 1.165) is 11.3 Å². The number of nitrogens with two attached hydrogens (primary N) is 1. The first-order chi connectivity index (χ1) is 10.0. The number of carbonyl (C=O) groups is 1. The molecule has 9 nitrogen and oxygen atoms in total. The minimum atomic E-state index is -0.604. The molecule has 0 atom stereocenters. The molecule has 2 rings (SSSR count). The summed E-state index contributed by atoms with van der Waals surface area (Å²) < 4.78 is 0. The van der Waals surface area contributed by atoms with Gasteiger partial charge >= 0.3 is 4.87 Å². The lowest BCUT2D eigenvalue weighted by atomic mass is 10.1. The first-order valence-electron chi connectivity index (χ1n) is 5.71. The molecule has 0 unspecified atom stereocenters. The highest BCUT2D eigenvalue weighted by molar-refractivity contribution is 7.07. The van der Waals surface area contributed by atoms with Crippen molar-refractivity contribution in [3.8, 4) is 0 Å². The highest BCUT2D eigenvalue weighted by Gasteiger charge is 2.16. The molecule has 21 heavy (non-hydrogen) atoms. The summed E-state index contributed by atoms with van der Waals surface area (Å²) in [5, 5.41) is 14.9. The van der Waals surface area contributed by atoms with Crippen molar-refractivity contribution in [2.45, 2.75) is 6.54 Å². The van der Waals surface area contributed by atoms with Gasteiger partial charge in [-0.05, 0) is 12.1 Å². The largest absolute Gasteiger partial charge is 0.346 e. The van der Waals surface area contributed by atoms with Crippen molar-refractivity contribution in [1.82, 2.24) is 10.3 Å². The Kier molecular flexibility index (Phi) is 4.30. The Hall–Kier alpha value is -2.72. The predicted molar refractivity (Wildman–Crippen MR) is 77.0 cm³/mol. The maximum absolute atomic E-state index is 11.9. The van der Waals surface area contributed by atoms with E-state index in [4.69, 9.17) is 5.84 Å². The number of thiazole rings is 1. The lowest BCUT2D eigenvalue weighted by Crippen LogP contribution is -2.23. The summed E-state index contributed by atoms with van der Waals surface area (Å²) in [4.78, 5) is 35.4. The Balaban J connectivity index is 2.12. The highest BCUT2D eigenvalue weighted by atomic mass is 32.1. The number of aromatic nitrogens is 1. The van der Waals surface area contributed by atoms with E-state index in [-0.39, 0.29) is 28.4 Å². The van der Waals surface area contributed by atoms with Gasteiger partial charge in [-0.25, -0.2) is 0 Å². The molecule has 1 aromatic heterocycles. The number of nitro benzene ring substituents is 1. The van der Waals surface area contributed by atoms with E-state index in [1.54, 1.807) is 5.38 Å². The second kappa shape index (κ2) is 6.15. The first-order valence-corrected chi connectivity index (χ1v) is 6.59. The Morgan fingerprint density at radius 1 is 1.48 bits per heavy atom. The molecular weight excluding hydrogens is 298 g/mol. The average Bonchev–Trinajstić information content (AvgIpc) is 2.89. The van der Waals surface area contributed by atoms with Gasteiger partial charge < -0.3 is 15.7 Å². The Morgan fingerprint density at radius 2 is 2.24 bits per heavy atom. The number of anilines is 1. The SMILES string of the molecule is NNc1cc(C(=O)NCc2csc(=O)[nH]2)ccc1[N+](=O)[O-]. The first kappa shape index (κ1) is 14.7. The minimum Gasteiger partial charge on any atom is -0.346 e. The molecule has 0 aliphatic rings. The number of aromatic amines is 1. The highest BCUT2D eigenvalue weighted by Crippen LogP contribution is 2.24. The molecule has 5 N–H and O–H groups in total. The monoisotopic (exact) mass is 309 g/mol. The topological polar surface area (TPSA) is 143 Å². The zero-order valence-corrected chi connectivity index (χ0v) is 11.4. The van der Waals surface area contributed by atoms with Crippen molar-refractivity contribution in [3.63, 3.8) is 0 Å². The van der Waals surface area contributed by atoms with Crippen molar-refractivity contribution in [3.05, 3.63) is 54.6 Å². The van der Waals surface area contributed by atoms with E-state index in [2.05, 4.69) is 15.7 Å². The number of H-pyrrole nitrogens is 1. The molecule has 0 aliphatic heterocycles. The van der Waals surface area contributed by atoms with Gasteiger partial charge in [-0.2, -0.15) is 0 Å². The second-order valence-corrected chi connectivity index (χ2v) is 4.83. The summed E-state index contributed by atoms with van der Waals surface area (Å²) in [6.07, 6.45) is 0. The van der Waals surface area contributed by atoms with Crippen LogP contribution in [0.25, 0.3) is 0 Å². The van der Waals surface area contributed by atoms with Crippen LogP contribution in [-0.2, 0) is 6.54 Å². The quantitative estimate of drug-likeness (QED) is 0.361. The average molecular weight is 309 g/mol. The molecule has 0 bridgehead atoms. The zero-order valence-electron chi connectivity index (χ0n) is 10.6. The van der Waals surface area contributed by atoms with Crippen LogP contribution in [0, 0.1) is 10.1 Å². The molecule has 0 aliphatic carbocycles. The molecule has 1 heterocycles. The lowest BCUT2D eigenvalue weighted by molar-refractivity contribution is -0.384. The number of nitrogens with one attached hydrogen (secondary N) is 3. The van der Waals surface area contributed by atoms with Crippen LogP contribution < -0.4 is 21.5 Å². The number of benzene rings is 1. The van der Waals surface area contributed by atoms with Gasteiger partial charge in [0.05, 0.1) is 11.5 Å². The van der Waals surface area contributed by atoms with Crippen LogP contribution >= 0.6 is 11.3 Å². The number of hydrazine groups is 1. The third-order valence-corrected chi connectivity index (χ3v) is 3.34. The van der Waals surface area contributed by atoms with Crippen LogP contribution in [0.15, 0.2) is 28.4 Å². The van der Waals surface area contributed by atoms with Gasteiger partial charge in [0.2, 0.25) is 0 Å². The summed E-state index contributed by atoms with van der Waals surface area (Å²) in [7, 11) is 0.